The number of nitrogens with one attached hydrogen (secondary N) is 1. The van der Waals surface area contributed by atoms with Crippen LogP contribution in [0.2, 0.25) is 0 Å². The van der Waals surface area contributed by atoms with Gasteiger partial charge in [-0.3, -0.25) is 4.90 Å². The number of nitriles is 2. The fourth-order valence-corrected chi connectivity index (χ4v) is 3.31. The predicted octanol–water partition coefficient (Wildman–Crippen LogP) is 3.68. The van der Waals surface area contributed by atoms with Crippen LogP contribution in [0.5, 0.6) is 0 Å². The smallest absolute Gasteiger partial charge is 0.101 e. The zero-order valence-corrected chi connectivity index (χ0v) is 13.6. The molecule has 1 N–H and O–H groups in total. The SMILES string of the molecule is N#Cc1cccc(C#N)c1NCC(c1ccccc1)N1CCCC1. The Morgan fingerprint density at radius 1 is 0.917 bits per heavy atom. The summed E-state index contributed by atoms with van der Waals surface area (Å²) in [6, 6.07) is 20.3. The quantitative estimate of drug-likeness (QED) is 0.914. The van der Waals surface area contributed by atoms with E-state index in [9.17, 15) is 10.5 Å². The summed E-state index contributed by atoms with van der Waals surface area (Å²) in [5.74, 6) is 0. The summed E-state index contributed by atoms with van der Waals surface area (Å²) in [6.07, 6.45) is 2.45. The van der Waals surface area contributed by atoms with E-state index >= 15 is 0 Å². The lowest BCUT2D eigenvalue weighted by Crippen LogP contribution is -2.31. The molecule has 0 aliphatic carbocycles. The summed E-state index contributed by atoms with van der Waals surface area (Å²) in [5, 5.41) is 22.0. The molecule has 1 heterocycles. The van der Waals surface area contributed by atoms with Crippen molar-refractivity contribution in [3.05, 3.63) is 65.2 Å². The van der Waals surface area contributed by atoms with Crippen molar-refractivity contribution in [1.29, 1.82) is 10.5 Å². The third-order valence-corrected chi connectivity index (χ3v) is 4.54. The molecule has 24 heavy (non-hydrogen) atoms. The molecule has 4 nitrogen and oxygen atoms in total. The number of likely N-dealkylation sites (tertiary alicyclic amines) is 1. The van der Waals surface area contributed by atoms with Crippen molar-refractivity contribution in [2.24, 2.45) is 0 Å². The Kier molecular flexibility index (Phi) is 5.11. The van der Waals surface area contributed by atoms with Crippen molar-refractivity contribution in [2.75, 3.05) is 25.0 Å². The molecule has 1 fully saturated rings. The molecule has 0 aromatic heterocycles. The zero-order valence-electron chi connectivity index (χ0n) is 13.6. The van der Waals surface area contributed by atoms with Crippen LogP contribution in [0.15, 0.2) is 48.5 Å². The first-order valence-electron chi connectivity index (χ1n) is 8.29. The molecule has 0 spiro atoms. The molecule has 1 saturated heterocycles. The molecular formula is C20H20N4. The molecule has 1 aliphatic rings. The van der Waals surface area contributed by atoms with Crippen molar-refractivity contribution >= 4 is 5.69 Å². The first-order chi connectivity index (χ1) is 11.8. The summed E-state index contributed by atoms with van der Waals surface area (Å²) in [7, 11) is 0. The van der Waals surface area contributed by atoms with Crippen LogP contribution in [0.25, 0.3) is 0 Å². The number of benzene rings is 2. The van der Waals surface area contributed by atoms with Gasteiger partial charge in [-0.15, -0.1) is 0 Å². The molecule has 1 unspecified atom stereocenters. The monoisotopic (exact) mass is 316 g/mol. The van der Waals surface area contributed by atoms with Gasteiger partial charge >= 0.3 is 0 Å². The minimum Gasteiger partial charge on any atom is -0.381 e. The van der Waals surface area contributed by atoms with E-state index in [0.29, 0.717) is 23.4 Å². The Hall–Kier alpha value is -2.82. The molecule has 4 heteroatoms. The first kappa shape index (κ1) is 16.1. The number of hydrogen-bond acceptors (Lipinski definition) is 4. The van der Waals surface area contributed by atoms with Gasteiger partial charge in [0.2, 0.25) is 0 Å². The normalized spacial score (nSPS) is 15.4. The minimum absolute atomic E-state index is 0.243. The average molecular weight is 316 g/mol. The summed E-state index contributed by atoms with van der Waals surface area (Å²) in [6.45, 7) is 2.86. The van der Waals surface area contributed by atoms with Crippen LogP contribution in [-0.2, 0) is 0 Å². The van der Waals surface area contributed by atoms with Gasteiger partial charge in [0.25, 0.3) is 0 Å². The van der Waals surface area contributed by atoms with Crippen molar-refractivity contribution in [1.82, 2.24) is 4.90 Å². The average Bonchev–Trinajstić information content (AvgIpc) is 3.17. The van der Waals surface area contributed by atoms with Gasteiger partial charge < -0.3 is 5.32 Å². The molecular weight excluding hydrogens is 296 g/mol. The number of rotatable bonds is 5. The second kappa shape index (κ2) is 7.64. The van der Waals surface area contributed by atoms with Gasteiger partial charge in [0.05, 0.1) is 22.9 Å². The summed E-state index contributed by atoms with van der Waals surface area (Å²) in [4.78, 5) is 2.48. The Labute approximate surface area is 142 Å². The van der Waals surface area contributed by atoms with E-state index in [1.54, 1.807) is 18.2 Å². The van der Waals surface area contributed by atoms with E-state index in [1.165, 1.54) is 18.4 Å². The van der Waals surface area contributed by atoms with Crippen molar-refractivity contribution in [3.63, 3.8) is 0 Å². The zero-order chi connectivity index (χ0) is 16.8. The highest BCUT2D eigenvalue weighted by Crippen LogP contribution is 2.27. The van der Waals surface area contributed by atoms with Crippen LogP contribution >= 0.6 is 0 Å². The highest BCUT2D eigenvalue weighted by Gasteiger charge is 2.23. The van der Waals surface area contributed by atoms with E-state index in [1.807, 2.05) is 6.07 Å². The lowest BCUT2D eigenvalue weighted by atomic mass is 10.0. The second-order valence-corrected chi connectivity index (χ2v) is 6.00. The van der Waals surface area contributed by atoms with E-state index in [4.69, 9.17) is 0 Å². The third-order valence-electron chi connectivity index (χ3n) is 4.54. The lowest BCUT2D eigenvalue weighted by molar-refractivity contribution is 0.256. The molecule has 2 aromatic carbocycles. The highest BCUT2D eigenvalue weighted by atomic mass is 15.2. The van der Waals surface area contributed by atoms with E-state index in [-0.39, 0.29) is 6.04 Å². The molecule has 0 saturated carbocycles. The van der Waals surface area contributed by atoms with Gasteiger partial charge in [-0.25, -0.2) is 0 Å². The highest BCUT2D eigenvalue weighted by molar-refractivity contribution is 5.66. The van der Waals surface area contributed by atoms with Gasteiger partial charge in [-0.1, -0.05) is 36.4 Å². The first-order valence-corrected chi connectivity index (χ1v) is 8.29. The van der Waals surface area contributed by atoms with Crippen LogP contribution in [-0.4, -0.2) is 24.5 Å². The van der Waals surface area contributed by atoms with Crippen molar-refractivity contribution in [2.45, 2.75) is 18.9 Å². The molecule has 2 aromatic rings. The Bertz CT molecular complexity index is 732. The molecule has 0 bridgehead atoms. The van der Waals surface area contributed by atoms with Crippen LogP contribution in [0.1, 0.15) is 35.6 Å². The maximum absolute atomic E-state index is 9.32. The number of para-hydroxylation sites is 1. The molecule has 0 radical (unpaired) electrons. The second-order valence-electron chi connectivity index (χ2n) is 6.00. The van der Waals surface area contributed by atoms with E-state index < -0.39 is 0 Å². The molecule has 3 rings (SSSR count). The summed E-state index contributed by atoms with van der Waals surface area (Å²) >= 11 is 0. The molecule has 1 aliphatic heterocycles. The molecule has 120 valence electrons. The van der Waals surface area contributed by atoms with Crippen LogP contribution in [0, 0.1) is 22.7 Å². The number of hydrogen-bond donors (Lipinski definition) is 1. The Morgan fingerprint density at radius 3 is 2.12 bits per heavy atom. The fraction of sp³-hybridized carbons (Fsp3) is 0.300. The van der Waals surface area contributed by atoms with Gasteiger partial charge in [0.15, 0.2) is 0 Å². The van der Waals surface area contributed by atoms with Crippen molar-refractivity contribution < 1.29 is 0 Å². The van der Waals surface area contributed by atoms with E-state index in [0.717, 1.165) is 13.1 Å². The van der Waals surface area contributed by atoms with Crippen molar-refractivity contribution in [3.8, 4) is 12.1 Å². The van der Waals surface area contributed by atoms with E-state index in [2.05, 4.69) is 46.6 Å². The summed E-state index contributed by atoms with van der Waals surface area (Å²) < 4.78 is 0. The lowest BCUT2D eigenvalue weighted by Gasteiger charge is -2.29. The minimum atomic E-state index is 0.243. The number of anilines is 1. The maximum atomic E-state index is 9.32. The standard InChI is InChI=1S/C20H20N4/c21-13-17-9-6-10-18(14-22)20(17)23-15-19(24-11-4-5-12-24)16-7-2-1-3-8-16/h1-3,6-10,19,23H,4-5,11-12,15H2. The summed E-state index contributed by atoms with van der Waals surface area (Å²) in [5.41, 5.74) is 2.94. The fourth-order valence-electron chi connectivity index (χ4n) is 3.31. The topological polar surface area (TPSA) is 62.9 Å². The molecule has 1 atom stereocenters. The molecule has 0 amide bonds. The third kappa shape index (κ3) is 3.40. The Morgan fingerprint density at radius 2 is 1.54 bits per heavy atom. The van der Waals surface area contributed by atoms with Gasteiger partial charge in [0.1, 0.15) is 12.1 Å². The van der Waals surface area contributed by atoms with Gasteiger partial charge in [-0.05, 0) is 43.6 Å². The van der Waals surface area contributed by atoms with Crippen LogP contribution < -0.4 is 5.32 Å². The Balaban J connectivity index is 1.85. The van der Waals surface area contributed by atoms with Gasteiger partial charge in [0, 0.05) is 6.54 Å². The largest absolute Gasteiger partial charge is 0.381 e. The number of nitrogens with zero attached hydrogens (tertiary/aromatic N) is 3. The van der Waals surface area contributed by atoms with Crippen LogP contribution in [0.4, 0.5) is 5.69 Å². The predicted molar refractivity (Wildman–Crippen MR) is 94.4 cm³/mol. The van der Waals surface area contributed by atoms with Gasteiger partial charge in [-0.2, -0.15) is 10.5 Å². The maximum Gasteiger partial charge on any atom is 0.101 e. The van der Waals surface area contributed by atoms with Crippen LogP contribution in [0.3, 0.4) is 0 Å².